The molecule has 2 aromatic carbocycles. The van der Waals surface area contributed by atoms with Crippen LogP contribution in [0.25, 0.3) is 0 Å². The molecule has 2 rings (SSSR count). The van der Waals surface area contributed by atoms with Gasteiger partial charge in [-0.25, -0.2) is 0 Å². The minimum atomic E-state index is -0.685. The molecule has 0 radical (unpaired) electrons. The molecule has 0 aromatic heterocycles. The summed E-state index contributed by atoms with van der Waals surface area (Å²) in [4.78, 5) is 12.6. The molecule has 2 aromatic rings. The van der Waals surface area contributed by atoms with Gasteiger partial charge in [-0.2, -0.15) is 0 Å². The average molecular weight is 368 g/mol. The number of anilines is 2. The number of carbonyl (C=O) groups is 1. The number of nitrogen functional groups attached to an aromatic ring is 1. The molecule has 3 N–H and O–H groups in total. The van der Waals surface area contributed by atoms with Crippen LogP contribution in [0.1, 0.15) is 19.4 Å². The molecular formula is C16H16BrClN2O. The number of nitrogens with one attached hydrogen (secondary N) is 1. The lowest BCUT2D eigenvalue weighted by Gasteiger charge is -2.24. The molecule has 0 atom stereocenters. The van der Waals surface area contributed by atoms with Crippen LogP contribution in [0.15, 0.2) is 46.9 Å². The lowest BCUT2D eigenvalue weighted by atomic mass is 9.83. The first kappa shape index (κ1) is 15.9. The normalized spacial score (nSPS) is 11.2. The summed E-state index contributed by atoms with van der Waals surface area (Å²) in [6.45, 7) is 3.73. The van der Waals surface area contributed by atoms with Crippen molar-refractivity contribution in [1.82, 2.24) is 0 Å². The quantitative estimate of drug-likeness (QED) is 0.779. The zero-order chi connectivity index (χ0) is 15.6. The minimum Gasteiger partial charge on any atom is -0.399 e. The fourth-order valence-corrected chi connectivity index (χ4v) is 2.42. The maximum atomic E-state index is 12.6. The van der Waals surface area contributed by atoms with Gasteiger partial charge in [-0.1, -0.05) is 23.7 Å². The molecule has 1 amide bonds. The second-order valence-corrected chi connectivity index (χ2v) is 6.62. The number of hydrogen-bond acceptors (Lipinski definition) is 2. The van der Waals surface area contributed by atoms with Crippen LogP contribution in [0, 0.1) is 0 Å². The van der Waals surface area contributed by atoms with E-state index in [0.717, 1.165) is 10.0 Å². The Morgan fingerprint density at radius 2 is 1.81 bits per heavy atom. The molecule has 0 heterocycles. The van der Waals surface area contributed by atoms with Crippen molar-refractivity contribution >= 4 is 44.8 Å². The smallest absolute Gasteiger partial charge is 0.234 e. The number of hydrogen-bond donors (Lipinski definition) is 2. The lowest BCUT2D eigenvalue weighted by molar-refractivity contribution is -0.120. The van der Waals surface area contributed by atoms with Crippen molar-refractivity contribution < 1.29 is 4.79 Å². The van der Waals surface area contributed by atoms with E-state index in [1.165, 1.54) is 0 Å². The number of carbonyl (C=O) groups excluding carboxylic acids is 1. The van der Waals surface area contributed by atoms with Gasteiger partial charge in [-0.15, -0.1) is 0 Å². The van der Waals surface area contributed by atoms with E-state index in [2.05, 4.69) is 21.2 Å². The molecular weight excluding hydrogens is 352 g/mol. The second-order valence-electron chi connectivity index (χ2n) is 5.33. The predicted octanol–water partition coefficient (Wildman–Crippen LogP) is 4.60. The molecule has 21 heavy (non-hydrogen) atoms. The summed E-state index contributed by atoms with van der Waals surface area (Å²) in [5.74, 6) is -0.116. The first-order valence-electron chi connectivity index (χ1n) is 6.43. The minimum absolute atomic E-state index is 0.116. The van der Waals surface area contributed by atoms with Crippen LogP contribution >= 0.6 is 27.5 Å². The van der Waals surface area contributed by atoms with E-state index in [4.69, 9.17) is 17.3 Å². The molecule has 0 unspecified atom stereocenters. The van der Waals surface area contributed by atoms with Crippen LogP contribution in [-0.2, 0) is 10.2 Å². The van der Waals surface area contributed by atoms with E-state index < -0.39 is 5.41 Å². The van der Waals surface area contributed by atoms with Gasteiger partial charge in [0.1, 0.15) is 0 Å². The maximum absolute atomic E-state index is 12.6. The highest BCUT2D eigenvalue weighted by Crippen LogP contribution is 2.30. The molecule has 0 aliphatic heterocycles. The summed E-state index contributed by atoms with van der Waals surface area (Å²) < 4.78 is 0.786. The van der Waals surface area contributed by atoms with Crippen molar-refractivity contribution in [2.45, 2.75) is 19.3 Å². The van der Waals surface area contributed by atoms with Crippen molar-refractivity contribution in [1.29, 1.82) is 0 Å². The average Bonchev–Trinajstić information content (AvgIpc) is 2.43. The van der Waals surface area contributed by atoms with Crippen LogP contribution in [0.3, 0.4) is 0 Å². The Morgan fingerprint density at radius 3 is 2.43 bits per heavy atom. The monoisotopic (exact) mass is 366 g/mol. The van der Waals surface area contributed by atoms with E-state index in [-0.39, 0.29) is 5.91 Å². The van der Waals surface area contributed by atoms with Gasteiger partial charge in [0.05, 0.1) is 11.1 Å². The van der Waals surface area contributed by atoms with Gasteiger partial charge in [0.15, 0.2) is 0 Å². The first-order valence-corrected chi connectivity index (χ1v) is 7.60. The molecule has 3 nitrogen and oxygen atoms in total. The molecule has 5 heteroatoms. The van der Waals surface area contributed by atoms with Crippen LogP contribution in [0.4, 0.5) is 11.4 Å². The van der Waals surface area contributed by atoms with Gasteiger partial charge in [0, 0.05) is 15.2 Å². The van der Waals surface area contributed by atoms with E-state index in [1.54, 1.807) is 30.3 Å². The standard InChI is InChI=1S/C16H16BrClN2O/c1-16(2,10-3-6-12(19)7-4-10)15(21)20-14-9-11(18)5-8-13(14)17/h3-9H,19H2,1-2H3,(H,20,21). The SMILES string of the molecule is CC(C)(C(=O)Nc1cc(Cl)ccc1Br)c1ccc(N)cc1. The van der Waals surface area contributed by atoms with Crippen molar-refractivity contribution in [3.63, 3.8) is 0 Å². The Balaban J connectivity index is 2.26. The number of halogens is 2. The zero-order valence-corrected chi connectivity index (χ0v) is 14.1. The van der Waals surface area contributed by atoms with Gasteiger partial charge in [0.2, 0.25) is 5.91 Å². The fourth-order valence-electron chi connectivity index (χ4n) is 1.90. The highest BCUT2D eigenvalue weighted by Gasteiger charge is 2.30. The molecule has 0 bridgehead atoms. The maximum Gasteiger partial charge on any atom is 0.234 e. The molecule has 0 saturated carbocycles. The molecule has 0 fully saturated rings. The third kappa shape index (κ3) is 3.57. The number of benzene rings is 2. The number of rotatable bonds is 3. The van der Waals surface area contributed by atoms with Gasteiger partial charge < -0.3 is 11.1 Å². The van der Waals surface area contributed by atoms with E-state index in [9.17, 15) is 4.79 Å². The number of nitrogens with two attached hydrogens (primary N) is 1. The van der Waals surface area contributed by atoms with Gasteiger partial charge >= 0.3 is 0 Å². The third-order valence-electron chi connectivity index (χ3n) is 3.38. The number of amides is 1. The van der Waals surface area contributed by atoms with Crippen molar-refractivity contribution in [2.75, 3.05) is 11.1 Å². The van der Waals surface area contributed by atoms with E-state index in [0.29, 0.717) is 16.4 Å². The van der Waals surface area contributed by atoms with Crippen LogP contribution in [0.2, 0.25) is 5.02 Å². The third-order valence-corrected chi connectivity index (χ3v) is 4.30. The molecule has 110 valence electrons. The second kappa shape index (κ2) is 6.08. The predicted molar refractivity (Wildman–Crippen MR) is 91.7 cm³/mol. The summed E-state index contributed by atoms with van der Waals surface area (Å²) in [5, 5.41) is 3.47. The van der Waals surface area contributed by atoms with E-state index >= 15 is 0 Å². The summed E-state index contributed by atoms with van der Waals surface area (Å²) in [6.07, 6.45) is 0. The van der Waals surface area contributed by atoms with Crippen molar-refractivity contribution in [2.24, 2.45) is 0 Å². The van der Waals surface area contributed by atoms with Gasteiger partial charge in [-0.3, -0.25) is 4.79 Å². The van der Waals surface area contributed by atoms with Crippen LogP contribution in [-0.4, -0.2) is 5.91 Å². The Bertz CT molecular complexity index is 668. The lowest BCUT2D eigenvalue weighted by Crippen LogP contribution is -2.34. The van der Waals surface area contributed by atoms with Crippen LogP contribution < -0.4 is 11.1 Å². The summed E-state index contributed by atoms with van der Waals surface area (Å²) in [7, 11) is 0. The molecule has 0 aliphatic rings. The Kier molecular flexibility index (Phi) is 4.59. The fraction of sp³-hybridized carbons (Fsp3) is 0.188. The summed E-state index contributed by atoms with van der Waals surface area (Å²) in [5.41, 5.74) is 7.22. The Morgan fingerprint density at radius 1 is 1.19 bits per heavy atom. The molecule has 0 saturated heterocycles. The first-order chi connectivity index (χ1) is 9.80. The summed E-state index contributed by atoms with van der Waals surface area (Å²) in [6, 6.07) is 12.6. The van der Waals surface area contributed by atoms with Crippen molar-refractivity contribution in [3.05, 3.63) is 57.5 Å². The molecule has 0 spiro atoms. The summed E-state index contributed by atoms with van der Waals surface area (Å²) >= 11 is 9.36. The van der Waals surface area contributed by atoms with Crippen molar-refractivity contribution in [3.8, 4) is 0 Å². The Labute approximate surface area is 137 Å². The van der Waals surface area contributed by atoms with Gasteiger partial charge in [-0.05, 0) is 65.7 Å². The van der Waals surface area contributed by atoms with Gasteiger partial charge in [0.25, 0.3) is 0 Å². The Hall–Kier alpha value is -1.52. The van der Waals surface area contributed by atoms with Crippen LogP contribution in [0.5, 0.6) is 0 Å². The topological polar surface area (TPSA) is 55.1 Å². The molecule has 0 aliphatic carbocycles. The zero-order valence-electron chi connectivity index (χ0n) is 11.8. The highest BCUT2D eigenvalue weighted by atomic mass is 79.9. The highest BCUT2D eigenvalue weighted by molar-refractivity contribution is 9.10. The largest absolute Gasteiger partial charge is 0.399 e. The van der Waals surface area contributed by atoms with E-state index in [1.807, 2.05) is 26.0 Å².